The molecule has 9 heteroatoms. The molecule has 1 aliphatic carbocycles. The van der Waals surface area contributed by atoms with Gasteiger partial charge < -0.3 is 29.2 Å². The molecule has 2 aliphatic rings. The second-order valence-electron chi connectivity index (χ2n) is 11.0. The lowest BCUT2D eigenvalue weighted by Gasteiger charge is -2.28. The summed E-state index contributed by atoms with van der Waals surface area (Å²) in [4.78, 5) is 33.7. The fraction of sp³-hybridized carbons (Fsp3) is 0.485. The number of unbranched alkanes of at least 4 members (excludes halogenated alkanes) is 3. The molecule has 2 atom stereocenters. The van der Waals surface area contributed by atoms with E-state index in [1.807, 2.05) is 36.4 Å². The molecule has 2 aromatic carbocycles. The zero-order valence-corrected chi connectivity index (χ0v) is 23.8. The normalized spacial score (nSPS) is 23.7. The van der Waals surface area contributed by atoms with Gasteiger partial charge in [0.15, 0.2) is 18.5 Å². The molecule has 2 fully saturated rings. The van der Waals surface area contributed by atoms with Crippen LogP contribution < -0.4 is 4.74 Å². The highest BCUT2D eigenvalue weighted by molar-refractivity contribution is 5.84. The maximum absolute atomic E-state index is 11.3. The van der Waals surface area contributed by atoms with E-state index < -0.39 is 30.4 Å². The zero-order valence-electron chi connectivity index (χ0n) is 23.8. The van der Waals surface area contributed by atoms with Crippen LogP contribution in [0.25, 0.3) is 11.1 Å². The van der Waals surface area contributed by atoms with Crippen LogP contribution >= 0.6 is 0 Å². The minimum absolute atomic E-state index is 0.345. The monoisotopic (exact) mass is 580 g/mol. The largest absolute Gasteiger partial charge is 0.493 e. The van der Waals surface area contributed by atoms with Gasteiger partial charge in [-0.05, 0) is 54.4 Å². The number of ether oxygens (including phenoxy) is 4. The minimum Gasteiger partial charge on any atom is -0.493 e. The van der Waals surface area contributed by atoms with Crippen LogP contribution in [0.5, 0.6) is 5.75 Å². The van der Waals surface area contributed by atoms with Crippen molar-refractivity contribution in [1.82, 2.24) is 0 Å². The number of hydrogen-bond acceptors (Lipinski definition) is 7. The molecule has 0 radical (unpaired) electrons. The van der Waals surface area contributed by atoms with Gasteiger partial charge in [-0.1, -0.05) is 81.5 Å². The summed E-state index contributed by atoms with van der Waals surface area (Å²) >= 11 is 0. The molecule has 4 rings (SSSR count). The topological polar surface area (TPSA) is 129 Å². The molecule has 2 aromatic rings. The van der Waals surface area contributed by atoms with Crippen molar-refractivity contribution in [2.45, 2.75) is 76.3 Å². The standard InChI is InChI=1S/C33H40O9/c1-2-28(34)39-20-6-4-3-5-7-22-8-10-23(11-9-22)21-40-27-18-16-25(17-19-27)24-12-14-26(15-13-24)33-41-29(31(35)36)30(42-33)32(37)38/h2,12-19,22-23,29-30,33H,1,3-11,20-21H2,(H,35,36)(H,37,38). The molecule has 0 amide bonds. The molecule has 226 valence electrons. The number of hydrogen-bond donors (Lipinski definition) is 2. The Kier molecular flexibility index (Phi) is 11.5. The summed E-state index contributed by atoms with van der Waals surface area (Å²) in [6.07, 6.45) is 7.62. The molecule has 0 bridgehead atoms. The Bertz CT molecular complexity index is 1160. The van der Waals surface area contributed by atoms with E-state index in [1.165, 1.54) is 51.0 Å². The molecule has 0 aromatic heterocycles. The second kappa shape index (κ2) is 15.5. The van der Waals surface area contributed by atoms with Crippen molar-refractivity contribution < 1.29 is 43.5 Å². The third kappa shape index (κ3) is 8.90. The zero-order chi connectivity index (χ0) is 29.9. The van der Waals surface area contributed by atoms with Crippen molar-refractivity contribution in [1.29, 1.82) is 0 Å². The van der Waals surface area contributed by atoms with E-state index in [-0.39, 0.29) is 5.97 Å². The van der Waals surface area contributed by atoms with Crippen molar-refractivity contribution in [2.24, 2.45) is 11.8 Å². The van der Waals surface area contributed by atoms with Crippen molar-refractivity contribution in [3.63, 3.8) is 0 Å². The molecule has 2 unspecified atom stereocenters. The van der Waals surface area contributed by atoms with Crippen LogP contribution in [0, 0.1) is 11.8 Å². The summed E-state index contributed by atoms with van der Waals surface area (Å²) in [5.41, 5.74) is 2.49. The molecule has 1 saturated heterocycles. The fourth-order valence-corrected chi connectivity index (χ4v) is 5.57. The van der Waals surface area contributed by atoms with Gasteiger partial charge in [-0.25, -0.2) is 14.4 Å². The number of carbonyl (C=O) groups excluding carboxylic acids is 1. The number of esters is 1. The van der Waals surface area contributed by atoms with Crippen LogP contribution in [0.15, 0.2) is 61.2 Å². The van der Waals surface area contributed by atoms with E-state index in [2.05, 4.69) is 6.58 Å². The lowest BCUT2D eigenvalue weighted by molar-refractivity contribution is -0.156. The number of rotatable bonds is 15. The van der Waals surface area contributed by atoms with E-state index >= 15 is 0 Å². The predicted octanol–water partition coefficient (Wildman–Crippen LogP) is 6.17. The molecule has 1 saturated carbocycles. The number of carboxylic acids is 2. The van der Waals surface area contributed by atoms with Crippen LogP contribution in [0.2, 0.25) is 0 Å². The molecular formula is C33H40O9. The van der Waals surface area contributed by atoms with Crippen molar-refractivity contribution in [3.8, 4) is 16.9 Å². The first-order valence-electron chi connectivity index (χ1n) is 14.7. The first kappa shape index (κ1) is 31.3. The molecular weight excluding hydrogens is 540 g/mol. The van der Waals surface area contributed by atoms with Gasteiger partial charge in [-0.3, -0.25) is 0 Å². The third-order valence-corrected chi connectivity index (χ3v) is 8.04. The van der Waals surface area contributed by atoms with Crippen LogP contribution in [-0.2, 0) is 28.6 Å². The SMILES string of the molecule is C=CC(=O)OCCCCCCC1CCC(COc2ccc(-c3ccc(C4OC(C(=O)O)C(C(=O)O)O4)cc3)cc2)CC1. The summed E-state index contributed by atoms with van der Waals surface area (Å²) in [6.45, 7) is 4.60. The van der Waals surface area contributed by atoms with E-state index in [0.29, 0.717) is 18.1 Å². The molecule has 0 spiro atoms. The molecule has 2 N–H and O–H groups in total. The molecule has 9 nitrogen and oxygen atoms in total. The highest BCUT2D eigenvalue weighted by Crippen LogP contribution is 2.34. The first-order chi connectivity index (χ1) is 20.3. The van der Waals surface area contributed by atoms with Gasteiger partial charge >= 0.3 is 17.9 Å². The minimum atomic E-state index is -1.56. The smallest absolute Gasteiger partial charge is 0.336 e. The van der Waals surface area contributed by atoms with Crippen LogP contribution in [0.3, 0.4) is 0 Å². The van der Waals surface area contributed by atoms with Crippen molar-refractivity contribution in [2.75, 3.05) is 13.2 Å². The van der Waals surface area contributed by atoms with E-state index in [9.17, 15) is 24.6 Å². The number of benzene rings is 2. The summed E-state index contributed by atoms with van der Waals surface area (Å²) in [6, 6.07) is 15.1. The summed E-state index contributed by atoms with van der Waals surface area (Å²) < 4.78 is 21.8. The second-order valence-corrected chi connectivity index (χ2v) is 11.0. The number of carboxylic acid groups (broad SMARTS) is 2. The Morgan fingerprint density at radius 3 is 1.90 bits per heavy atom. The van der Waals surface area contributed by atoms with Crippen molar-refractivity contribution >= 4 is 17.9 Å². The quantitative estimate of drug-likeness (QED) is 0.144. The highest BCUT2D eigenvalue weighted by atomic mass is 16.7. The average molecular weight is 581 g/mol. The molecule has 1 heterocycles. The Morgan fingerprint density at radius 2 is 1.33 bits per heavy atom. The number of carbonyl (C=O) groups is 3. The predicted molar refractivity (Wildman–Crippen MR) is 155 cm³/mol. The molecule has 42 heavy (non-hydrogen) atoms. The Labute approximate surface area is 246 Å². The summed E-state index contributed by atoms with van der Waals surface area (Å²) in [7, 11) is 0. The maximum Gasteiger partial charge on any atom is 0.336 e. The summed E-state index contributed by atoms with van der Waals surface area (Å²) in [5.74, 6) is -0.877. The highest BCUT2D eigenvalue weighted by Gasteiger charge is 2.46. The Hall–Kier alpha value is -3.69. The Balaban J connectivity index is 1.14. The van der Waals surface area contributed by atoms with Gasteiger partial charge in [-0.2, -0.15) is 0 Å². The van der Waals surface area contributed by atoms with Gasteiger partial charge in [0.25, 0.3) is 0 Å². The maximum atomic E-state index is 11.3. The van der Waals surface area contributed by atoms with Gasteiger partial charge in [0, 0.05) is 11.6 Å². The Morgan fingerprint density at radius 1 is 0.786 bits per heavy atom. The number of aliphatic carboxylic acids is 2. The van der Waals surface area contributed by atoms with Gasteiger partial charge in [0.1, 0.15) is 5.75 Å². The van der Waals surface area contributed by atoms with E-state index in [4.69, 9.17) is 18.9 Å². The fourth-order valence-electron chi connectivity index (χ4n) is 5.57. The van der Waals surface area contributed by atoms with Crippen LogP contribution in [-0.4, -0.2) is 53.5 Å². The third-order valence-electron chi connectivity index (χ3n) is 8.04. The van der Waals surface area contributed by atoms with E-state index in [0.717, 1.165) is 42.2 Å². The lowest BCUT2D eigenvalue weighted by atomic mass is 9.80. The van der Waals surface area contributed by atoms with E-state index in [1.54, 1.807) is 12.1 Å². The van der Waals surface area contributed by atoms with Gasteiger partial charge in [0.2, 0.25) is 0 Å². The lowest BCUT2D eigenvalue weighted by Crippen LogP contribution is -2.36. The first-order valence-corrected chi connectivity index (χ1v) is 14.7. The summed E-state index contributed by atoms with van der Waals surface area (Å²) in [5, 5.41) is 18.4. The van der Waals surface area contributed by atoms with Gasteiger partial charge in [0.05, 0.1) is 13.2 Å². The molecule has 1 aliphatic heterocycles. The van der Waals surface area contributed by atoms with Crippen molar-refractivity contribution in [3.05, 3.63) is 66.7 Å². The average Bonchev–Trinajstić information content (AvgIpc) is 3.47. The van der Waals surface area contributed by atoms with Crippen LogP contribution in [0.1, 0.15) is 69.6 Å². The van der Waals surface area contributed by atoms with Crippen LogP contribution in [0.4, 0.5) is 0 Å². The van der Waals surface area contributed by atoms with Gasteiger partial charge in [-0.15, -0.1) is 0 Å².